The molecule has 0 radical (unpaired) electrons. The quantitative estimate of drug-likeness (QED) is 0.430. The molecule has 2 fully saturated rings. The molecule has 3 aromatic rings. The Labute approximate surface area is 209 Å². The van der Waals surface area contributed by atoms with Gasteiger partial charge < -0.3 is 19.7 Å². The van der Waals surface area contributed by atoms with Crippen molar-refractivity contribution < 1.29 is 9.47 Å². The van der Waals surface area contributed by atoms with E-state index in [0.717, 1.165) is 55.1 Å². The molecule has 2 aromatic carbocycles. The molecule has 5 heteroatoms. The van der Waals surface area contributed by atoms with Crippen LogP contribution in [0.4, 0.5) is 5.69 Å². The molecule has 0 amide bonds. The Bertz CT molecular complexity index is 1130. The average Bonchev–Trinajstić information content (AvgIpc) is 2.87. The van der Waals surface area contributed by atoms with E-state index in [1.165, 1.54) is 41.6 Å². The van der Waals surface area contributed by atoms with Crippen molar-refractivity contribution in [3.63, 3.8) is 0 Å². The van der Waals surface area contributed by atoms with Crippen LogP contribution in [0.2, 0.25) is 0 Å². The summed E-state index contributed by atoms with van der Waals surface area (Å²) in [6.45, 7) is 5.13. The molecule has 0 unspecified atom stereocenters. The zero-order valence-corrected chi connectivity index (χ0v) is 21.2. The van der Waals surface area contributed by atoms with Crippen LogP contribution in [-0.4, -0.2) is 38.3 Å². The number of benzene rings is 2. The summed E-state index contributed by atoms with van der Waals surface area (Å²) < 4.78 is 11.5. The Kier molecular flexibility index (Phi) is 7.24. The fourth-order valence-electron chi connectivity index (χ4n) is 5.40. The SMILES string of the molecule is COc1cc(-c2cncc(CN(c3ccc(C)cc3)C3CCNCC3)c2)cc(C2CCC2)c1OC. The summed E-state index contributed by atoms with van der Waals surface area (Å²) in [6, 6.07) is 16.1. The second kappa shape index (κ2) is 10.7. The number of ether oxygens (including phenoxy) is 2. The first-order valence-electron chi connectivity index (χ1n) is 12.9. The minimum Gasteiger partial charge on any atom is -0.493 e. The third-order valence-corrected chi connectivity index (χ3v) is 7.65. The molecule has 1 saturated carbocycles. The standard InChI is InChI=1S/C30H37N3O2/c1-21-7-9-26(10-8-21)33(27-11-13-31-14-12-27)20-22-15-25(19-32-18-22)24-16-28(23-5-4-6-23)30(35-3)29(17-24)34-2/h7-10,15-19,23,27,31H,4-6,11-14,20H2,1-3H3. The third kappa shape index (κ3) is 5.15. The lowest BCUT2D eigenvalue weighted by molar-refractivity contribution is 0.337. The summed E-state index contributed by atoms with van der Waals surface area (Å²) in [5.74, 6) is 2.22. The van der Waals surface area contributed by atoms with Gasteiger partial charge in [-0.1, -0.05) is 24.1 Å². The number of hydrogen-bond acceptors (Lipinski definition) is 5. The Balaban J connectivity index is 1.47. The highest BCUT2D eigenvalue weighted by Crippen LogP contribution is 2.46. The minimum absolute atomic E-state index is 0.522. The second-order valence-electron chi connectivity index (χ2n) is 9.96. The summed E-state index contributed by atoms with van der Waals surface area (Å²) in [7, 11) is 3.46. The smallest absolute Gasteiger partial charge is 0.164 e. The third-order valence-electron chi connectivity index (χ3n) is 7.65. The van der Waals surface area contributed by atoms with Crippen LogP contribution in [0, 0.1) is 6.92 Å². The zero-order valence-electron chi connectivity index (χ0n) is 21.2. The number of aromatic nitrogens is 1. The predicted molar refractivity (Wildman–Crippen MR) is 143 cm³/mol. The van der Waals surface area contributed by atoms with E-state index in [-0.39, 0.29) is 0 Å². The minimum atomic E-state index is 0.522. The maximum Gasteiger partial charge on any atom is 0.164 e. The van der Waals surface area contributed by atoms with Crippen LogP contribution < -0.4 is 19.7 Å². The number of aryl methyl sites for hydroxylation is 1. The molecule has 5 rings (SSSR count). The van der Waals surface area contributed by atoms with Crippen LogP contribution in [0.5, 0.6) is 11.5 Å². The lowest BCUT2D eigenvalue weighted by Gasteiger charge is -2.36. The van der Waals surface area contributed by atoms with Crippen LogP contribution in [0.15, 0.2) is 54.9 Å². The molecule has 2 heterocycles. The first-order valence-corrected chi connectivity index (χ1v) is 12.9. The molecular formula is C30H37N3O2. The number of nitrogens with one attached hydrogen (secondary N) is 1. The van der Waals surface area contributed by atoms with Gasteiger partial charge >= 0.3 is 0 Å². The Morgan fingerprint density at radius 1 is 0.914 bits per heavy atom. The first-order chi connectivity index (χ1) is 17.2. The van der Waals surface area contributed by atoms with Gasteiger partial charge in [-0.15, -0.1) is 0 Å². The molecule has 1 N–H and O–H groups in total. The highest BCUT2D eigenvalue weighted by Gasteiger charge is 2.26. The van der Waals surface area contributed by atoms with Crippen LogP contribution in [0.1, 0.15) is 54.7 Å². The molecule has 35 heavy (non-hydrogen) atoms. The van der Waals surface area contributed by atoms with E-state index in [1.807, 2.05) is 12.4 Å². The number of methoxy groups -OCH3 is 2. The lowest BCUT2D eigenvalue weighted by atomic mass is 9.78. The van der Waals surface area contributed by atoms with Crippen LogP contribution in [0.3, 0.4) is 0 Å². The largest absolute Gasteiger partial charge is 0.493 e. The predicted octanol–water partition coefficient (Wildman–Crippen LogP) is 6.10. The van der Waals surface area contributed by atoms with Crippen molar-refractivity contribution >= 4 is 5.69 Å². The van der Waals surface area contributed by atoms with Crippen molar-refractivity contribution in [3.8, 4) is 22.6 Å². The highest BCUT2D eigenvalue weighted by atomic mass is 16.5. The number of hydrogen-bond donors (Lipinski definition) is 1. The van der Waals surface area contributed by atoms with E-state index in [9.17, 15) is 0 Å². The van der Waals surface area contributed by atoms with Crippen molar-refractivity contribution in [2.45, 2.75) is 57.5 Å². The number of rotatable bonds is 8. The first kappa shape index (κ1) is 23.7. The average molecular weight is 472 g/mol. The second-order valence-corrected chi connectivity index (χ2v) is 9.96. The van der Waals surface area contributed by atoms with Gasteiger partial charge in [-0.05, 0) is 93.1 Å². The topological polar surface area (TPSA) is 46.6 Å². The summed E-state index contributed by atoms with van der Waals surface area (Å²) in [6.07, 6.45) is 9.99. The van der Waals surface area contributed by atoms with Crippen molar-refractivity contribution in [3.05, 3.63) is 71.5 Å². The van der Waals surface area contributed by atoms with Gasteiger partial charge in [0, 0.05) is 41.8 Å². The van der Waals surface area contributed by atoms with Gasteiger partial charge in [0.25, 0.3) is 0 Å². The summed E-state index contributed by atoms with van der Waals surface area (Å²) in [5.41, 5.74) is 7.32. The molecule has 2 aliphatic rings. The van der Waals surface area contributed by atoms with E-state index >= 15 is 0 Å². The normalized spacial score (nSPS) is 16.5. The van der Waals surface area contributed by atoms with Gasteiger partial charge in [-0.2, -0.15) is 0 Å². The van der Waals surface area contributed by atoms with E-state index < -0.39 is 0 Å². The molecule has 1 aliphatic carbocycles. The summed E-state index contributed by atoms with van der Waals surface area (Å²) in [4.78, 5) is 7.23. The fourth-order valence-corrected chi connectivity index (χ4v) is 5.40. The van der Waals surface area contributed by atoms with Crippen LogP contribution >= 0.6 is 0 Å². The molecule has 1 aromatic heterocycles. The molecule has 184 valence electrons. The summed E-state index contributed by atoms with van der Waals surface area (Å²) >= 11 is 0. The molecule has 0 spiro atoms. The van der Waals surface area contributed by atoms with Gasteiger partial charge in [0.05, 0.1) is 14.2 Å². The molecule has 0 bridgehead atoms. The maximum atomic E-state index is 5.76. The van der Waals surface area contributed by atoms with Gasteiger partial charge in [0.1, 0.15) is 0 Å². The monoisotopic (exact) mass is 471 g/mol. The van der Waals surface area contributed by atoms with Gasteiger partial charge in [-0.3, -0.25) is 4.98 Å². The number of nitrogens with zero attached hydrogens (tertiary/aromatic N) is 2. The highest BCUT2D eigenvalue weighted by molar-refractivity contribution is 5.70. The van der Waals surface area contributed by atoms with E-state index in [0.29, 0.717) is 12.0 Å². The van der Waals surface area contributed by atoms with Gasteiger partial charge in [0.15, 0.2) is 11.5 Å². The summed E-state index contributed by atoms with van der Waals surface area (Å²) in [5, 5.41) is 3.51. The number of anilines is 1. The lowest BCUT2D eigenvalue weighted by Crippen LogP contribution is -2.43. The number of piperidine rings is 1. The van der Waals surface area contributed by atoms with E-state index in [1.54, 1.807) is 14.2 Å². The van der Waals surface area contributed by atoms with E-state index in [2.05, 4.69) is 64.6 Å². The zero-order chi connectivity index (χ0) is 24.2. The molecular weight excluding hydrogens is 434 g/mol. The van der Waals surface area contributed by atoms with Gasteiger partial charge in [0.2, 0.25) is 0 Å². The number of pyridine rings is 1. The maximum absolute atomic E-state index is 5.76. The fraction of sp³-hybridized carbons (Fsp3) is 0.433. The Morgan fingerprint density at radius 3 is 2.34 bits per heavy atom. The van der Waals surface area contributed by atoms with Gasteiger partial charge in [-0.25, -0.2) is 0 Å². The molecule has 5 nitrogen and oxygen atoms in total. The molecule has 1 saturated heterocycles. The Morgan fingerprint density at radius 2 is 1.69 bits per heavy atom. The van der Waals surface area contributed by atoms with Crippen molar-refractivity contribution in [2.75, 3.05) is 32.2 Å². The van der Waals surface area contributed by atoms with Crippen LogP contribution in [0.25, 0.3) is 11.1 Å². The van der Waals surface area contributed by atoms with Crippen molar-refractivity contribution in [2.24, 2.45) is 0 Å². The van der Waals surface area contributed by atoms with Crippen molar-refractivity contribution in [1.82, 2.24) is 10.3 Å². The van der Waals surface area contributed by atoms with Crippen molar-refractivity contribution in [1.29, 1.82) is 0 Å². The Hall–Kier alpha value is -3.05. The van der Waals surface area contributed by atoms with Crippen LogP contribution in [-0.2, 0) is 6.54 Å². The van der Waals surface area contributed by atoms with E-state index in [4.69, 9.17) is 9.47 Å². The molecule has 0 atom stereocenters. The molecule has 1 aliphatic heterocycles.